The molecule has 1 aromatic carbocycles. The van der Waals surface area contributed by atoms with Crippen LogP contribution in [-0.2, 0) is 16.8 Å². The van der Waals surface area contributed by atoms with Gasteiger partial charge >= 0.3 is 0 Å². The van der Waals surface area contributed by atoms with E-state index in [0.717, 1.165) is 12.2 Å². The second-order valence-electron chi connectivity index (χ2n) is 6.62. The third-order valence-corrected chi connectivity index (χ3v) is 3.61. The molecule has 0 fully saturated rings. The SMILES string of the molecule is CCCC(=O)Nc1ccnn1Cc1ccc(C(C)(C)C)cc1. The van der Waals surface area contributed by atoms with E-state index < -0.39 is 0 Å². The standard InChI is InChI=1S/C18H25N3O/c1-5-6-17(22)20-16-11-12-19-21(16)13-14-7-9-15(10-8-14)18(2,3)4/h7-12H,5-6,13H2,1-4H3,(H,20,22). The molecule has 0 saturated heterocycles. The van der Waals surface area contributed by atoms with E-state index in [-0.39, 0.29) is 11.3 Å². The second-order valence-corrected chi connectivity index (χ2v) is 6.62. The number of carbonyl (C=O) groups excluding carboxylic acids is 1. The van der Waals surface area contributed by atoms with Gasteiger partial charge in [-0.1, -0.05) is 52.0 Å². The van der Waals surface area contributed by atoms with Crippen LogP contribution in [-0.4, -0.2) is 15.7 Å². The molecule has 0 bridgehead atoms. The van der Waals surface area contributed by atoms with Crippen LogP contribution >= 0.6 is 0 Å². The number of amides is 1. The number of nitrogens with one attached hydrogen (secondary N) is 1. The van der Waals surface area contributed by atoms with Crippen LogP contribution in [0.25, 0.3) is 0 Å². The molecule has 4 nitrogen and oxygen atoms in total. The molecule has 0 spiro atoms. The minimum Gasteiger partial charge on any atom is -0.311 e. The molecular formula is C18H25N3O. The fourth-order valence-electron chi connectivity index (χ4n) is 2.28. The first-order valence-corrected chi connectivity index (χ1v) is 7.81. The molecule has 1 N–H and O–H groups in total. The van der Waals surface area contributed by atoms with Crippen molar-refractivity contribution in [3.8, 4) is 0 Å². The Morgan fingerprint density at radius 3 is 2.45 bits per heavy atom. The zero-order chi connectivity index (χ0) is 16.2. The first kappa shape index (κ1) is 16.3. The Hall–Kier alpha value is -2.10. The first-order chi connectivity index (χ1) is 10.4. The summed E-state index contributed by atoms with van der Waals surface area (Å²) in [6, 6.07) is 10.4. The molecule has 0 aliphatic heterocycles. The number of nitrogens with zero attached hydrogens (tertiary/aromatic N) is 2. The maximum absolute atomic E-state index is 11.7. The fraction of sp³-hybridized carbons (Fsp3) is 0.444. The summed E-state index contributed by atoms with van der Waals surface area (Å²) in [6.45, 7) is 9.26. The Balaban J connectivity index is 2.08. The molecule has 2 aromatic rings. The topological polar surface area (TPSA) is 46.9 Å². The molecule has 1 heterocycles. The lowest BCUT2D eigenvalue weighted by Crippen LogP contribution is -2.15. The molecule has 118 valence electrons. The lowest BCUT2D eigenvalue weighted by atomic mass is 9.87. The monoisotopic (exact) mass is 299 g/mol. The summed E-state index contributed by atoms with van der Waals surface area (Å²) in [4.78, 5) is 11.7. The normalized spacial score (nSPS) is 11.5. The van der Waals surface area contributed by atoms with Gasteiger partial charge in [-0.25, -0.2) is 4.68 Å². The van der Waals surface area contributed by atoms with Gasteiger partial charge in [0.1, 0.15) is 5.82 Å². The number of hydrogen-bond acceptors (Lipinski definition) is 2. The van der Waals surface area contributed by atoms with Crippen molar-refractivity contribution in [2.45, 2.75) is 52.5 Å². The van der Waals surface area contributed by atoms with Crippen LogP contribution < -0.4 is 5.32 Å². The number of hydrogen-bond donors (Lipinski definition) is 1. The van der Waals surface area contributed by atoms with Crippen molar-refractivity contribution in [1.29, 1.82) is 0 Å². The van der Waals surface area contributed by atoms with E-state index >= 15 is 0 Å². The predicted molar refractivity (Wildman–Crippen MR) is 90.0 cm³/mol. The molecule has 1 amide bonds. The number of aromatic nitrogens is 2. The van der Waals surface area contributed by atoms with Crippen LogP contribution in [0.3, 0.4) is 0 Å². The Labute approximate surface area is 132 Å². The summed E-state index contributed by atoms with van der Waals surface area (Å²) >= 11 is 0. The third kappa shape index (κ3) is 4.20. The van der Waals surface area contributed by atoms with E-state index in [9.17, 15) is 4.79 Å². The zero-order valence-corrected chi connectivity index (χ0v) is 13.9. The summed E-state index contributed by atoms with van der Waals surface area (Å²) in [5.74, 6) is 0.783. The molecule has 0 aliphatic carbocycles. The number of carbonyl (C=O) groups is 1. The smallest absolute Gasteiger partial charge is 0.225 e. The van der Waals surface area contributed by atoms with Crippen molar-refractivity contribution in [3.05, 3.63) is 47.7 Å². The number of benzene rings is 1. The molecule has 4 heteroatoms. The summed E-state index contributed by atoms with van der Waals surface area (Å²) in [5, 5.41) is 7.21. The van der Waals surface area contributed by atoms with E-state index in [1.807, 2.05) is 17.7 Å². The van der Waals surface area contributed by atoms with Gasteiger partial charge in [0.05, 0.1) is 12.7 Å². The van der Waals surface area contributed by atoms with Gasteiger partial charge in [0.15, 0.2) is 0 Å². The lowest BCUT2D eigenvalue weighted by Gasteiger charge is -2.19. The summed E-state index contributed by atoms with van der Waals surface area (Å²) < 4.78 is 1.82. The van der Waals surface area contributed by atoms with Crippen LogP contribution in [0.2, 0.25) is 0 Å². The third-order valence-electron chi connectivity index (χ3n) is 3.61. The van der Waals surface area contributed by atoms with E-state index in [2.05, 4.69) is 55.5 Å². The second kappa shape index (κ2) is 6.77. The van der Waals surface area contributed by atoms with Crippen LogP contribution in [0, 0.1) is 0 Å². The maximum atomic E-state index is 11.7. The number of anilines is 1. The fourth-order valence-corrected chi connectivity index (χ4v) is 2.28. The van der Waals surface area contributed by atoms with Crippen molar-refractivity contribution < 1.29 is 4.79 Å². The van der Waals surface area contributed by atoms with Crippen LogP contribution in [0.1, 0.15) is 51.7 Å². The average molecular weight is 299 g/mol. The van der Waals surface area contributed by atoms with E-state index in [1.54, 1.807) is 6.20 Å². The largest absolute Gasteiger partial charge is 0.311 e. The Bertz CT molecular complexity index is 621. The van der Waals surface area contributed by atoms with Gasteiger partial charge in [-0.2, -0.15) is 5.10 Å². The highest BCUT2D eigenvalue weighted by molar-refractivity contribution is 5.89. The summed E-state index contributed by atoms with van der Waals surface area (Å²) in [6.07, 6.45) is 3.09. The van der Waals surface area contributed by atoms with Gasteiger partial charge in [-0.05, 0) is 23.0 Å². The van der Waals surface area contributed by atoms with Gasteiger partial charge in [0.25, 0.3) is 0 Å². The average Bonchev–Trinajstić information content (AvgIpc) is 2.86. The van der Waals surface area contributed by atoms with E-state index in [4.69, 9.17) is 0 Å². The highest BCUT2D eigenvalue weighted by Crippen LogP contribution is 2.22. The predicted octanol–water partition coefficient (Wildman–Crippen LogP) is 3.97. The van der Waals surface area contributed by atoms with Gasteiger partial charge < -0.3 is 5.32 Å². The maximum Gasteiger partial charge on any atom is 0.225 e. The Kier molecular flexibility index (Phi) is 5.01. The first-order valence-electron chi connectivity index (χ1n) is 7.81. The minimum atomic E-state index is 0.0346. The molecule has 0 unspecified atom stereocenters. The van der Waals surface area contributed by atoms with Crippen molar-refractivity contribution >= 4 is 11.7 Å². The zero-order valence-electron chi connectivity index (χ0n) is 13.9. The molecule has 22 heavy (non-hydrogen) atoms. The molecular weight excluding hydrogens is 274 g/mol. The number of rotatable bonds is 5. The molecule has 0 aliphatic rings. The molecule has 0 radical (unpaired) electrons. The van der Waals surface area contributed by atoms with Gasteiger partial charge in [-0.3, -0.25) is 4.79 Å². The highest BCUT2D eigenvalue weighted by Gasteiger charge is 2.13. The molecule has 0 saturated carbocycles. The van der Waals surface area contributed by atoms with Crippen molar-refractivity contribution in [3.63, 3.8) is 0 Å². The van der Waals surface area contributed by atoms with Crippen molar-refractivity contribution in [1.82, 2.24) is 9.78 Å². The van der Waals surface area contributed by atoms with Crippen LogP contribution in [0.5, 0.6) is 0 Å². The molecule has 1 aromatic heterocycles. The van der Waals surface area contributed by atoms with Crippen LogP contribution in [0.15, 0.2) is 36.5 Å². The van der Waals surface area contributed by atoms with E-state index in [0.29, 0.717) is 13.0 Å². The van der Waals surface area contributed by atoms with E-state index in [1.165, 1.54) is 11.1 Å². The minimum absolute atomic E-state index is 0.0346. The van der Waals surface area contributed by atoms with Crippen molar-refractivity contribution in [2.24, 2.45) is 0 Å². The highest BCUT2D eigenvalue weighted by atomic mass is 16.1. The van der Waals surface area contributed by atoms with Gasteiger partial charge in [0, 0.05) is 12.5 Å². The summed E-state index contributed by atoms with van der Waals surface area (Å²) in [5.41, 5.74) is 2.64. The Morgan fingerprint density at radius 2 is 1.86 bits per heavy atom. The quantitative estimate of drug-likeness (QED) is 0.908. The molecule has 0 atom stereocenters. The summed E-state index contributed by atoms with van der Waals surface area (Å²) in [7, 11) is 0. The van der Waals surface area contributed by atoms with Crippen LogP contribution in [0.4, 0.5) is 5.82 Å². The van der Waals surface area contributed by atoms with Crippen molar-refractivity contribution in [2.75, 3.05) is 5.32 Å². The van der Waals surface area contributed by atoms with Gasteiger partial charge in [-0.15, -0.1) is 0 Å². The molecule has 2 rings (SSSR count). The van der Waals surface area contributed by atoms with Gasteiger partial charge in [0.2, 0.25) is 5.91 Å². The lowest BCUT2D eigenvalue weighted by molar-refractivity contribution is -0.116. The Morgan fingerprint density at radius 1 is 1.18 bits per heavy atom.